The molecule has 7 nitrogen and oxygen atoms in total. The molecule has 15 heavy (non-hydrogen) atoms. The molecule has 0 radical (unpaired) electrons. The molecule has 2 aromatic rings. The zero-order chi connectivity index (χ0) is 10.7. The highest BCUT2D eigenvalue weighted by Gasteiger charge is 2.11. The molecule has 0 aliphatic rings. The maximum absolute atomic E-state index is 11.5. The van der Waals surface area contributed by atoms with Crippen molar-refractivity contribution in [1.82, 2.24) is 20.2 Å². The van der Waals surface area contributed by atoms with Crippen LogP contribution < -0.4 is 5.32 Å². The van der Waals surface area contributed by atoms with E-state index in [-0.39, 0.29) is 17.3 Å². The Bertz CT molecular complexity index is 468. The molecular formula is C8H7N5O2. The molecule has 0 spiro atoms. The molecule has 0 aliphatic heterocycles. The molecular weight excluding hydrogens is 198 g/mol. The second kappa shape index (κ2) is 3.74. The van der Waals surface area contributed by atoms with E-state index in [1.54, 1.807) is 0 Å². The van der Waals surface area contributed by atoms with Crippen molar-refractivity contribution < 1.29 is 9.90 Å². The number of hydrogen-bond acceptors (Lipinski definition) is 5. The third-order valence-electron chi connectivity index (χ3n) is 1.69. The van der Waals surface area contributed by atoms with Gasteiger partial charge in [0.05, 0.1) is 11.8 Å². The van der Waals surface area contributed by atoms with Crippen molar-refractivity contribution in [3.05, 3.63) is 30.4 Å². The minimum Gasteiger partial charge on any atom is -0.505 e. The Labute approximate surface area is 84.2 Å². The van der Waals surface area contributed by atoms with Crippen LogP contribution in [0.5, 0.6) is 5.75 Å². The number of carbonyl (C=O) groups is 1. The summed E-state index contributed by atoms with van der Waals surface area (Å²) >= 11 is 0. The molecule has 0 atom stereocenters. The lowest BCUT2D eigenvalue weighted by molar-refractivity contribution is 0.102. The molecule has 0 bridgehead atoms. The van der Waals surface area contributed by atoms with E-state index in [9.17, 15) is 9.90 Å². The number of hydrogen-bond donors (Lipinski definition) is 3. The average Bonchev–Trinajstić information content (AvgIpc) is 2.71. The number of amides is 1. The summed E-state index contributed by atoms with van der Waals surface area (Å²) in [6.07, 6.45) is 3.87. The summed E-state index contributed by atoms with van der Waals surface area (Å²) in [4.78, 5) is 18.9. The minimum atomic E-state index is -0.480. The van der Waals surface area contributed by atoms with Crippen LogP contribution in [0, 0.1) is 0 Å². The van der Waals surface area contributed by atoms with Gasteiger partial charge in [-0.3, -0.25) is 15.1 Å². The molecule has 2 aromatic heterocycles. The van der Waals surface area contributed by atoms with Crippen molar-refractivity contribution >= 4 is 11.9 Å². The van der Waals surface area contributed by atoms with Crippen LogP contribution >= 0.6 is 0 Å². The fourth-order valence-corrected chi connectivity index (χ4v) is 1.02. The predicted octanol–water partition coefficient (Wildman–Crippen LogP) is 0.158. The van der Waals surface area contributed by atoms with Crippen LogP contribution in [-0.2, 0) is 0 Å². The summed E-state index contributed by atoms with van der Waals surface area (Å²) in [7, 11) is 0. The zero-order valence-electron chi connectivity index (χ0n) is 7.51. The van der Waals surface area contributed by atoms with Crippen LogP contribution in [-0.4, -0.2) is 31.2 Å². The van der Waals surface area contributed by atoms with E-state index < -0.39 is 5.91 Å². The fraction of sp³-hybridized carbons (Fsp3) is 0. The van der Waals surface area contributed by atoms with E-state index in [0.717, 1.165) is 0 Å². The normalized spacial score (nSPS) is 9.87. The first-order valence-corrected chi connectivity index (χ1v) is 4.07. The molecule has 0 unspecified atom stereocenters. The fourth-order valence-electron chi connectivity index (χ4n) is 1.02. The Balaban J connectivity index is 2.19. The highest BCUT2D eigenvalue weighted by molar-refractivity contribution is 6.05. The minimum absolute atomic E-state index is 0.126. The summed E-state index contributed by atoms with van der Waals surface area (Å²) in [5.74, 6) is -0.447. The van der Waals surface area contributed by atoms with Crippen LogP contribution in [0.1, 0.15) is 10.4 Å². The number of nitrogens with zero attached hydrogens (tertiary/aromatic N) is 3. The number of aromatic nitrogens is 4. The van der Waals surface area contributed by atoms with E-state index >= 15 is 0 Å². The first-order valence-electron chi connectivity index (χ1n) is 4.07. The lowest BCUT2D eigenvalue weighted by Gasteiger charge is -2.02. The SMILES string of the molecule is O=C(Nc1ncn[nH]1)c1ccncc1O. The largest absolute Gasteiger partial charge is 0.505 e. The molecule has 2 heterocycles. The van der Waals surface area contributed by atoms with Crippen LogP contribution in [0.4, 0.5) is 5.95 Å². The van der Waals surface area contributed by atoms with Crippen LogP contribution in [0.15, 0.2) is 24.8 Å². The lowest BCUT2D eigenvalue weighted by atomic mass is 10.2. The van der Waals surface area contributed by atoms with Gasteiger partial charge in [0, 0.05) is 6.20 Å². The number of rotatable bonds is 2. The van der Waals surface area contributed by atoms with Gasteiger partial charge in [0.2, 0.25) is 5.95 Å². The van der Waals surface area contributed by atoms with Gasteiger partial charge in [-0.05, 0) is 6.07 Å². The standard InChI is InChI=1S/C8H7N5O2/c14-6-3-9-2-1-5(6)7(15)12-8-10-4-11-13-8/h1-4,14H,(H2,10,11,12,13,15). The molecule has 7 heteroatoms. The molecule has 3 N–H and O–H groups in total. The van der Waals surface area contributed by atoms with Gasteiger partial charge in [-0.15, -0.1) is 0 Å². The Kier molecular flexibility index (Phi) is 2.28. The quantitative estimate of drug-likeness (QED) is 0.647. The van der Waals surface area contributed by atoms with E-state index in [2.05, 4.69) is 25.5 Å². The van der Waals surface area contributed by atoms with Crippen LogP contribution in [0.3, 0.4) is 0 Å². The second-order valence-corrected chi connectivity index (χ2v) is 2.68. The lowest BCUT2D eigenvalue weighted by Crippen LogP contribution is -2.13. The number of H-pyrrole nitrogens is 1. The third kappa shape index (κ3) is 1.90. The Morgan fingerprint density at radius 3 is 3.07 bits per heavy atom. The summed E-state index contributed by atoms with van der Waals surface area (Å²) in [6, 6.07) is 1.40. The van der Waals surface area contributed by atoms with Crippen LogP contribution in [0.25, 0.3) is 0 Å². The number of carbonyl (C=O) groups excluding carboxylic acids is 1. The number of pyridine rings is 1. The first-order chi connectivity index (χ1) is 7.27. The topological polar surface area (TPSA) is 104 Å². The van der Waals surface area contributed by atoms with E-state index in [1.165, 1.54) is 24.8 Å². The van der Waals surface area contributed by atoms with Crippen LogP contribution in [0.2, 0.25) is 0 Å². The number of aromatic hydroxyl groups is 1. The van der Waals surface area contributed by atoms with Crippen molar-refractivity contribution in [3.63, 3.8) is 0 Å². The van der Waals surface area contributed by atoms with Gasteiger partial charge in [-0.2, -0.15) is 10.1 Å². The number of aromatic amines is 1. The van der Waals surface area contributed by atoms with Crippen molar-refractivity contribution in [3.8, 4) is 5.75 Å². The van der Waals surface area contributed by atoms with Crippen molar-refractivity contribution in [2.75, 3.05) is 5.32 Å². The highest BCUT2D eigenvalue weighted by Crippen LogP contribution is 2.14. The highest BCUT2D eigenvalue weighted by atomic mass is 16.3. The summed E-state index contributed by atoms with van der Waals surface area (Å²) in [6.45, 7) is 0. The number of nitrogens with one attached hydrogen (secondary N) is 2. The van der Waals surface area contributed by atoms with Crippen molar-refractivity contribution in [2.45, 2.75) is 0 Å². The second-order valence-electron chi connectivity index (χ2n) is 2.68. The molecule has 0 aromatic carbocycles. The average molecular weight is 205 g/mol. The molecule has 0 saturated carbocycles. The van der Waals surface area contributed by atoms with E-state index in [1.807, 2.05) is 0 Å². The van der Waals surface area contributed by atoms with Gasteiger partial charge >= 0.3 is 0 Å². The van der Waals surface area contributed by atoms with E-state index in [4.69, 9.17) is 0 Å². The van der Waals surface area contributed by atoms with Gasteiger partial charge in [0.1, 0.15) is 12.1 Å². The van der Waals surface area contributed by atoms with Gasteiger partial charge in [-0.1, -0.05) is 0 Å². The molecule has 0 saturated heterocycles. The Hall–Kier alpha value is -2.44. The first kappa shape index (κ1) is 9.13. The summed E-state index contributed by atoms with van der Waals surface area (Å²) in [5, 5.41) is 17.8. The third-order valence-corrected chi connectivity index (χ3v) is 1.69. The summed E-state index contributed by atoms with van der Waals surface area (Å²) in [5.41, 5.74) is 0.126. The zero-order valence-corrected chi connectivity index (χ0v) is 7.51. The van der Waals surface area contributed by atoms with Crippen molar-refractivity contribution in [1.29, 1.82) is 0 Å². The molecule has 76 valence electrons. The van der Waals surface area contributed by atoms with Crippen molar-refractivity contribution in [2.24, 2.45) is 0 Å². The Morgan fingerprint density at radius 1 is 1.53 bits per heavy atom. The van der Waals surface area contributed by atoms with E-state index in [0.29, 0.717) is 0 Å². The smallest absolute Gasteiger partial charge is 0.261 e. The monoisotopic (exact) mass is 205 g/mol. The Morgan fingerprint density at radius 2 is 2.40 bits per heavy atom. The maximum atomic E-state index is 11.5. The molecule has 0 fully saturated rings. The molecule has 2 rings (SSSR count). The van der Waals surface area contributed by atoms with Gasteiger partial charge in [0.25, 0.3) is 5.91 Å². The maximum Gasteiger partial charge on any atom is 0.261 e. The predicted molar refractivity (Wildman–Crippen MR) is 50.2 cm³/mol. The van der Waals surface area contributed by atoms with Gasteiger partial charge in [0.15, 0.2) is 0 Å². The molecule has 0 aliphatic carbocycles. The number of anilines is 1. The molecule has 1 amide bonds. The van der Waals surface area contributed by atoms with Gasteiger partial charge in [-0.25, -0.2) is 5.10 Å². The van der Waals surface area contributed by atoms with Gasteiger partial charge < -0.3 is 5.11 Å². The summed E-state index contributed by atoms with van der Waals surface area (Å²) < 4.78 is 0.